The monoisotopic (exact) mass is 363 g/mol. The van der Waals surface area contributed by atoms with Crippen LogP contribution >= 0.6 is 0 Å². The van der Waals surface area contributed by atoms with Gasteiger partial charge in [0.15, 0.2) is 0 Å². The first kappa shape index (κ1) is 18.6. The maximum atomic E-state index is 12.6. The minimum absolute atomic E-state index is 0.155. The lowest BCUT2D eigenvalue weighted by molar-refractivity contribution is 0.0596. The van der Waals surface area contributed by atoms with Crippen LogP contribution in [0.25, 0.3) is 0 Å². The average molecular weight is 363 g/mol. The smallest absolute Gasteiger partial charge is 0.339 e. The van der Waals surface area contributed by atoms with E-state index in [4.69, 9.17) is 4.74 Å². The number of methoxy groups -OCH3 is 2. The van der Waals surface area contributed by atoms with Crippen LogP contribution in [-0.4, -0.2) is 34.5 Å². The van der Waals surface area contributed by atoms with Crippen molar-refractivity contribution < 1.29 is 27.5 Å². The Bertz CT molecular complexity index is 892. The summed E-state index contributed by atoms with van der Waals surface area (Å²) in [6, 6.07) is 12.0. The third-order valence-corrected chi connectivity index (χ3v) is 4.76. The highest BCUT2D eigenvalue weighted by Gasteiger charge is 2.25. The van der Waals surface area contributed by atoms with Crippen LogP contribution in [-0.2, 0) is 26.1 Å². The third kappa shape index (κ3) is 4.23. The lowest BCUT2D eigenvalue weighted by atomic mass is 10.1. The van der Waals surface area contributed by atoms with Gasteiger partial charge in [0.1, 0.15) is 4.90 Å². The van der Waals surface area contributed by atoms with Gasteiger partial charge in [0.25, 0.3) is 15.9 Å². The van der Waals surface area contributed by atoms with Crippen LogP contribution in [0.1, 0.15) is 26.3 Å². The van der Waals surface area contributed by atoms with E-state index in [2.05, 4.69) is 4.74 Å². The summed E-state index contributed by atoms with van der Waals surface area (Å²) < 4.78 is 36.7. The highest BCUT2D eigenvalue weighted by atomic mass is 32.2. The van der Waals surface area contributed by atoms with Crippen molar-refractivity contribution in [3.8, 4) is 0 Å². The minimum atomic E-state index is -4.27. The lowest BCUT2D eigenvalue weighted by Gasteiger charge is -2.12. The first-order valence-corrected chi connectivity index (χ1v) is 8.70. The first-order valence-electron chi connectivity index (χ1n) is 7.22. The Labute approximate surface area is 145 Å². The Morgan fingerprint density at radius 3 is 2.20 bits per heavy atom. The second-order valence-electron chi connectivity index (χ2n) is 5.01. The van der Waals surface area contributed by atoms with Gasteiger partial charge in [-0.05, 0) is 23.8 Å². The second kappa shape index (κ2) is 7.91. The number of benzene rings is 2. The van der Waals surface area contributed by atoms with Gasteiger partial charge in [-0.25, -0.2) is 17.9 Å². The number of amides is 1. The van der Waals surface area contributed by atoms with Gasteiger partial charge in [0.2, 0.25) is 0 Å². The summed E-state index contributed by atoms with van der Waals surface area (Å²) in [5.41, 5.74) is 0.554. The molecule has 1 amide bonds. The van der Waals surface area contributed by atoms with E-state index >= 15 is 0 Å². The fourth-order valence-corrected chi connectivity index (χ4v) is 3.40. The predicted octanol–water partition coefficient (Wildman–Crippen LogP) is 1.74. The largest absolute Gasteiger partial charge is 0.465 e. The molecule has 0 saturated heterocycles. The number of rotatable bonds is 6. The maximum Gasteiger partial charge on any atom is 0.339 e. The van der Waals surface area contributed by atoms with Gasteiger partial charge < -0.3 is 9.47 Å². The van der Waals surface area contributed by atoms with Crippen molar-refractivity contribution in [1.82, 2.24) is 4.72 Å². The van der Waals surface area contributed by atoms with Crippen molar-refractivity contribution in [2.75, 3.05) is 14.2 Å². The molecule has 8 heteroatoms. The Kier molecular flexibility index (Phi) is 5.89. The van der Waals surface area contributed by atoms with Gasteiger partial charge in [-0.1, -0.05) is 30.3 Å². The number of sulfonamides is 1. The van der Waals surface area contributed by atoms with Crippen LogP contribution in [0, 0.1) is 0 Å². The Morgan fingerprint density at radius 1 is 0.960 bits per heavy atom. The number of carbonyl (C=O) groups excluding carboxylic acids is 2. The van der Waals surface area contributed by atoms with E-state index in [0.29, 0.717) is 5.56 Å². The molecule has 0 aromatic heterocycles. The van der Waals surface area contributed by atoms with Crippen LogP contribution < -0.4 is 4.72 Å². The standard InChI is InChI=1S/C17H17NO6S/c1-23-11-12-7-3-4-8-13(12)16(19)18-25(21,22)15-10-6-5-9-14(15)17(20)24-2/h3-10H,11H2,1-2H3,(H,18,19). The number of carbonyl (C=O) groups is 2. The van der Waals surface area contributed by atoms with Crippen molar-refractivity contribution in [2.45, 2.75) is 11.5 Å². The number of esters is 1. The van der Waals surface area contributed by atoms with Crippen LogP contribution in [0.5, 0.6) is 0 Å². The molecule has 2 rings (SSSR count). The fraction of sp³-hybridized carbons (Fsp3) is 0.176. The van der Waals surface area contributed by atoms with E-state index in [1.807, 2.05) is 4.72 Å². The first-order chi connectivity index (χ1) is 11.9. The van der Waals surface area contributed by atoms with Gasteiger partial charge in [0.05, 0.1) is 19.3 Å². The molecule has 0 bridgehead atoms. The SMILES string of the molecule is COCc1ccccc1C(=O)NS(=O)(=O)c1ccccc1C(=O)OC. The summed E-state index contributed by atoms with van der Waals surface area (Å²) in [7, 11) is -1.65. The molecule has 0 aliphatic heterocycles. The number of hydrogen-bond donors (Lipinski definition) is 1. The number of nitrogens with one attached hydrogen (secondary N) is 1. The van der Waals surface area contributed by atoms with Gasteiger partial charge in [0, 0.05) is 12.7 Å². The van der Waals surface area contributed by atoms with Crippen LogP contribution in [0.4, 0.5) is 0 Å². The highest BCUT2D eigenvalue weighted by Crippen LogP contribution is 2.17. The van der Waals surface area contributed by atoms with Gasteiger partial charge in [-0.3, -0.25) is 4.79 Å². The molecule has 0 saturated carbocycles. The zero-order chi connectivity index (χ0) is 18.4. The Hall–Kier alpha value is -2.71. The summed E-state index contributed by atoms with van der Waals surface area (Å²) in [6.45, 7) is 0.155. The predicted molar refractivity (Wildman–Crippen MR) is 89.6 cm³/mol. The van der Waals surface area contributed by atoms with Crippen molar-refractivity contribution in [2.24, 2.45) is 0 Å². The summed E-state index contributed by atoms with van der Waals surface area (Å²) in [6.07, 6.45) is 0. The molecule has 0 spiro atoms. The summed E-state index contributed by atoms with van der Waals surface area (Å²) in [4.78, 5) is 23.8. The molecule has 0 radical (unpaired) electrons. The molecule has 132 valence electrons. The molecule has 0 aliphatic carbocycles. The van der Waals surface area contributed by atoms with E-state index in [0.717, 1.165) is 7.11 Å². The molecule has 25 heavy (non-hydrogen) atoms. The molecule has 1 N–H and O–H groups in total. The lowest BCUT2D eigenvalue weighted by Crippen LogP contribution is -2.32. The van der Waals surface area contributed by atoms with Crippen molar-refractivity contribution in [3.05, 3.63) is 65.2 Å². The van der Waals surface area contributed by atoms with Crippen LogP contribution in [0.3, 0.4) is 0 Å². The zero-order valence-corrected chi connectivity index (χ0v) is 14.5. The summed E-state index contributed by atoms with van der Waals surface area (Å²) in [5, 5.41) is 0. The van der Waals surface area contributed by atoms with E-state index in [1.165, 1.54) is 37.4 Å². The third-order valence-electron chi connectivity index (χ3n) is 3.37. The van der Waals surface area contributed by atoms with Gasteiger partial charge >= 0.3 is 5.97 Å². The average Bonchev–Trinajstić information content (AvgIpc) is 2.61. The number of hydrogen-bond acceptors (Lipinski definition) is 6. The number of ether oxygens (including phenoxy) is 2. The summed E-state index contributed by atoms with van der Waals surface area (Å²) in [5.74, 6) is -1.62. The molecule has 0 atom stereocenters. The van der Waals surface area contributed by atoms with Gasteiger partial charge in [-0.2, -0.15) is 0 Å². The molecule has 2 aromatic carbocycles. The van der Waals surface area contributed by atoms with Crippen LogP contribution in [0.2, 0.25) is 0 Å². The fourth-order valence-electron chi connectivity index (χ4n) is 2.23. The van der Waals surface area contributed by atoms with Crippen molar-refractivity contribution in [1.29, 1.82) is 0 Å². The molecule has 0 unspecified atom stereocenters. The molecular weight excluding hydrogens is 346 g/mol. The molecule has 0 fully saturated rings. The van der Waals surface area contributed by atoms with E-state index < -0.39 is 21.9 Å². The Balaban J connectivity index is 2.37. The molecule has 0 heterocycles. The minimum Gasteiger partial charge on any atom is -0.465 e. The molecule has 2 aromatic rings. The van der Waals surface area contributed by atoms with Crippen molar-refractivity contribution >= 4 is 21.9 Å². The topological polar surface area (TPSA) is 98.8 Å². The van der Waals surface area contributed by atoms with Crippen molar-refractivity contribution in [3.63, 3.8) is 0 Å². The molecule has 7 nitrogen and oxygen atoms in total. The second-order valence-corrected chi connectivity index (χ2v) is 6.66. The van der Waals surface area contributed by atoms with Gasteiger partial charge in [-0.15, -0.1) is 0 Å². The Morgan fingerprint density at radius 2 is 1.56 bits per heavy atom. The maximum absolute atomic E-state index is 12.6. The highest BCUT2D eigenvalue weighted by molar-refractivity contribution is 7.90. The zero-order valence-electron chi connectivity index (χ0n) is 13.7. The van der Waals surface area contributed by atoms with Crippen LogP contribution in [0.15, 0.2) is 53.4 Å². The molecular formula is C17H17NO6S. The summed E-state index contributed by atoms with van der Waals surface area (Å²) >= 11 is 0. The molecule has 0 aliphatic rings. The van der Waals surface area contributed by atoms with E-state index in [-0.39, 0.29) is 22.6 Å². The quantitative estimate of drug-likeness (QED) is 0.785. The van der Waals surface area contributed by atoms with E-state index in [1.54, 1.807) is 18.2 Å². The van der Waals surface area contributed by atoms with E-state index in [9.17, 15) is 18.0 Å². The normalized spacial score (nSPS) is 11.0.